The number of piperidine rings is 1. The molecule has 2 aromatic heterocycles. The molecule has 0 saturated carbocycles. The van der Waals surface area contributed by atoms with E-state index in [0.29, 0.717) is 18.8 Å². The van der Waals surface area contributed by atoms with Gasteiger partial charge in [-0.25, -0.2) is 4.68 Å². The van der Waals surface area contributed by atoms with E-state index in [4.69, 9.17) is 4.52 Å². The Labute approximate surface area is 170 Å². The molecule has 2 aromatic rings. The topological polar surface area (TPSA) is 84.5 Å². The largest absolute Gasteiger partial charge is 0.371 e. The van der Waals surface area contributed by atoms with E-state index in [9.17, 15) is 9.59 Å². The lowest BCUT2D eigenvalue weighted by Gasteiger charge is -2.33. The molecular formula is C21H29N5O3. The minimum absolute atomic E-state index is 0.0918. The van der Waals surface area contributed by atoms with Crippen molar-refractivity contribution in [2.75, 3.05) is 25.0 Å². The molecule has 1 fully saturated rings. The minimum Gasteiger partial charge on any atom is -0.371 e. The van der Waals surface area contributed by atoms with Gasteiger partial charge in [0.2, 0.25) is 0 Å². The Kier molecular flexibility index (Phi) is 5.43. The van der Waals surface area contributed by atoms with E-state index >= 15 is 0 Å². The average Bonchev–Trinajstić information content (AvgIpc) is 3.16. The smallest absolute Gasteiger partial charge is 0.276 e. The zero-order valence-electron chi connectivity index (χ0n) is 17.4. The second kappa shape index (κ2) is 8.00. The molecule has 0 bridgehead atoms. The number of rotatable bonds is 4. The van der Waals surface area contributed by atoms with E-state index in [1.54, 1.807) is 17.2 Å². The second-order valence-corrected chi connectivity index (χ2v) is 8.39. The third-order valence-corrected chi connectivity index (χ3v) is 6.18. The van der Waals surface area contributed by atoms with Gasteiger partial charge in [0.25, 0.3) is 11.5 Å². The van der Waals surface area contributed by atoms with Crippen LogP contribution in [0.25, 0.3) is 0 Å². The molecule has 1 amide bonds. The van der Waals surface area contributed by atoms with Crippen LogP contribution in [0, 0.1) is 0 Å². The van der Waals surface area contributed by atoms with Gasteiger partial charge in [0, 0.05) is 44.2 Å². The monoisotopic (exact) mass is 399 g/mol. The van der Waals surface area contributed by atoms with Gasteiger partial charge in [0.05, 0.1) is 17.9 Å². The third-order valence-electron chi connectivity index (χ3n) is 6.18. The second-order valence-electron chi connectivity index (χ2n) is 8.39. The highest BCUT2D eigenvalue weighted by atomic mass is 16.5. The zero-order chi connectivity index (χ0) is 20.5. The molecule has 8 heteroatoms. The van der Waals surface area contributed by atoms with Crippen LogP contribution in [0.2, 0.25) is 0 Å². The number of likely N-dealkylation sites (tertiary alicyclic amines) is 1. The molecule has 0 unspecified atom stereocenters. The fraction of sp³-hybridized carbons (Fsp3) is 0.619. The molecule has 1 aliphatic heterocycles. The van der Waals surface area contributed by atoms with Gasteiger partial charge in [-0.2, -0.15) is 5.10 Å². The first-order chi connectivity index (χ1) is 14.0. The highest BCUT2D eigenvalue weighted by Crippen LogP contribution is 2.27. The number of hydrogen-bond acceptors (Lipinski definition) is 6. The summed E-state index contributed by atoms with van der Waals surface area (Å²) in [6.45, 7) is 5.27. The van der Waals surface area contributed by atoms with E-state index in [0.717, 1.165) is 55.5 Å². The number of nitrogens with zero attached hydrogens (tertiary/aromatic N) is 5. The third kappa shape index (κ3) is 3.80. The van der Waals surface area contributed by atoms with Gasteiger partial charge in [0.15, 0.2) is 5.69 Å². The lowest BCUT2D eigenvalue weighted by Crippen LogP contribution is -2.44. The summed E-state index contributed by atoms with van der Waals surface area (Å²) in [6, 6.07) is 1.78. The summed E-state index contributed by atoms with van der Waals surface area (Å²) in [6.07, 6.45) is 7.24. The van der Waals surface area contributed by atoms with Crippen molar-refractivity contribution in [2.24, 2.45) is 0 Å². The fourth-order valence-corrected chi connectivity index (χ4v) is 4.21. The summed E-state index contributed by atoms with van der Waals surface area (Å²) in [5, 5.41) is 8.50. The minimum atomic E-state index is -0.131. The zero-order valence-corrected chi connectivity index (χ0v) is 17.4. The number of aryl methyl sites for hydroxylation is 1. The molecule has 1 aliphatic carbocycles. The van der Waals surface area contributed by atoms with Gasteiger partial charge in [-0.3, -0.25) is 9.59 Å². The first-order valence-corrected chi connectivity index (χ1v) is 10.5. The number of carbonyl (C=O) groups excluding carboxylic acids is 1. The number of aromatic nitrogens is 3. The van der Waals surface area contributed by atoms with E-state index < -0.39 is 0 Å². The quantitative estimate of drug-likeness (QED) is 0.785. The van der Waals surface area contributed by atoms with E-state index in [2.05, 4.69) is 24.1 Å². The van der Waals surface area contributed by atoms with Gasteiger partial charge in [0.1, 0.15) is 5.76 Å². The summed E-state index contributed by atoms with van der Waals surface area (Å²) in [5.41, 5.74) is 2.10. The van der Waals surface area contributed by atoms with E-state index in [1.165, 1.54) is 4.68 Å². The highest BCUT2D eigenvalue weighted by Gasteiger charge is 2.31. The molecule has 4 rings (SSSR count). The number of anilines is 1. The summed E-state index contributed by atoms with van der Waals surface area (Å²) in [5.74, 6) is 0.765. The van der Waals surface area contributed by atoms with Crippen LogP contribution in [0.3, 0.4) is 0 Å². The van der Waals surface area contributed by atoms with E-state index in [-0.39, 0.29) is 23.6 Å². The van der Waals surface area contributed by atoms with Crippen molar-refractivity contribution in [2.45, 2.75) is 64.5 Å². The van der Waals surface area contributed by atoms with Crippen molar-refractivity contribution < 1.29 is 9.32 Å². The van der Waals surface area contributed by atoms with Crippen molar-refractivity contribution in [3.8, 4) is 0 Å². The van der Waals surface area contributed by atoms with E-state index in [1.807, 2.05) is 11.9 Å². The summed E-state index contributed by atoms with van der Waals surface area (Å²) in [7, 11) is 1.95. The van der Waals surface area contributed by atoms with Gasteiger partial charge < -0.3 is 14.3 Å². The van der Waals surface area contributed by atoms with Crippen LogP contribution in [-0.2, 0) is 12.8 Å². The Hall–Kier alpha value is -2.64. The molecular weight excluding hydrogens is 370 g/mol. The Morgan fingerprint density at radius 1 is 1.28 bits per heavy atom. The molecule has 156 valence electrons. The first-order valence-electron chi connectivity index (χ1n) is 10.5. The molecule has 29 heavy (non-hydrogen) atoms. The van der Waals surface area contributed by atoms with Crippen molar-refractivity contribution in [3.05, 3.63) is 39.6 Å². The molecule has 1 saturated heterocycles. The summed E-state index contributed by atoms with van der Waals surface area (Å²) in [4.78, 5) is 29.6. The average molecular weight is 399 g/mol. The Morgan fingerprint density at radius 2 is 2.07 bits per heavy atom. The lowest BCUT2D eigenvalue weighted by molar-refractivity contribution is 0.0658. The maximum atomic E-state index is 13.1. The molecule has 3 heterocycles. The van der Waals surface area contributed by atoms with Gasteiger partial charge in [-0.05, 0) is 46.0 Å². The van der Waals surface area contributed by atoms with Gasteiger partial charge >= 0.3 is 0 Å². The van der Waals surface area contributed by atoms with Crippen LogP contribution >= 0.6 is 0 Å². The number of fused-ring (bicyclic) bond motifs is 1. The highest BCUT2D eigenvalue weighted by molar-refractivity contribution is 5.94. The van der Waals surface area contributed by atoms with Crippen LogP contribution in [0.5, 0.6) is 0 Å². The Bertz CT molecular complexity index is 948. The van der Waals surface area contributed by atoms with Crippen LogP contribution in [0.15, 0.2) is 21.6 Å². The number of hydrogen-bond donors (Lipinski definition) is 0. The van der Waals surface area contributed by atoms with Crippen LogP contribution in [0.4, 0.5) is 5.69 Å². The van der Waals surface area contributed by atoms with Crippen molar-refractivity contribution in [1.82, 2.24) is 19.8 Å². The predicted octanol–water partition coefficient (Wildman–Crippen LogP) is 2.43. The predicted molar refractivity (Wildman–Crippen MR) is 109 cm³/mol. The molecule has 1 atom stereocenters. The molecule has 2 aliphatic rings. The Morgan fingerprint density at radius 3 is 2.83 bits per heavy atom. The summed E-state index contributed by atoms with van der Waals surface area (Å²) < 4.78 is 6.94. The SMILES string of the molecule is CC(C)N(C)c1cnn([C@H]2CCCN(C(=O)c3noc4c3CCCC4)C2)c(=O)c1. The van der Waals surface area contributed by atoms with Gasteiger partial charge in [-0.15, -0.1) is 0 Å². The van der Waals surface area contributed by atoms with Gasteiger partial charge in [-0.1, -0.05) is 5.16 Å². The normalized spacial score (nSPS) is 19.3. The molecule has 0 aromatic carbocycles. The maximum absolute atomic E-state index is 13.1. The van der Waals surface area contributed by atoms with Crippen molar-refractivity contribution in [1.29, 1.82) is 0 Å². The Balaban J connectivity index is 1.52. The number of amides is 1. The molecule has 8 nitrogen and oxygen atoms in total. The van der Waals surface area contributed by atoms with Crippen molar-refractivity contribution >= 4 is 11.6 Å². The van der Waals surface area contributed by atoms with Crippen molar-refractivity contribution in [3.63, 3.8) is 0 Å². The summed E-state index contributed by atoms with van der Waals surface area (Å²) >= 11 is 0. The molecule has 0 radical (unpaired) electrons. The fourth-order valence-electron chi connectivity index (χ4n) is 4.21. The lowest BCUT2D eigenvalue weighted by atomic mass is 9.95. The van der Waals surface area contributed by atoms with Crippen LogP contribution in [-0.4, -0.2) is 51.9 Å². The van der Waals surface area contributed by atoms with Crippen LogP contribution < -0.4 is 10.5 Å². The maximum Gasteiger partial charge on any atom is 0.276 e. The first kappa shape index (κ1) is 19.7. The molecule has 0 N–H and O–H groups in total. The number of carbonyl (C=O) groups is 1. The standard InChI is InChI=1S/C21H29N5O3/c1-14(2)24(3)16-11-19(27)26(22-12-16)15-7-6-10-25(13-15)21(28)20-17-8-4-5-9-18(17)29-23-20/h11-12,14-15H,4-10,13H2,1-3H3/t15-/m0/s1. The van der Waals surface area contributed by atoms with Crippen LogP contribution in [0.1, 0.15) is 67.4 Å². The molecule has 0 spiro atoms.